The first-order chi connectivity index (χ1) is 9.45. The number of Topliss-reactive ketones (excluding diaryl/α,β-unsaturated/α-hetero) is 1. The number of benzene rings is 1. The molecule has 0 spiro atoms. The molecule has 20 heavy (non-hydrogen) atoms. The van der Waals surface area contributed by atoms with Crippen molar-refractivity contribution >= 4 is 17.4 Å². The van der Waals surface area contributed by atoms with E-state index in [-0.39, 0.29) is 11.7 Å². The molecular formula is C17H23NO2. The largest absolute Gasteiger partial charge is 0.311 e. The van der Waals surface area contributed by atoms with Crippen LogP contribution in [-0.4, -0.2) is 18.2 Å². The lowest BCUT2D eigenvalue weighted by molar-refractivity contribution is -0.133. The SMILES string of the molecule is CCC(=O)[C@@H]1CCCN(c2c(C)cc(C)cc2C)C1=O. The first-order valence-corrected chi connectivity index (χ1v) is 7.37. The number of carbonyl (C=O) groups excluding carboxylic acids is 2. The molecule has 3 nitrogen and oxygen atoms in total. The van der Waals surface area contributed by atoms with Gasteiger partial charge in [0.2, 0.25) is 5.91 Å². The number of hydrogen-bond donors (Lipinski definition) is 0. The molecule has 0 saturated carbocycles. The van der Waals surface area contributed by atoms with E-state index in [1.54, 1.807) is 0 Å². The average Bonchev–Trinajstić information content (AvgIpc) is 2.38. The highest BCUT2D eigenvalue weighted by Crippen LogP contribution is 2.31. The molecule has 3 heteroatoms. The van der Waals surface area contributed by atoms with Crippen molar-refractivity contribution in [1.29, 1.82) is 0 Å². The van der Waals surface area contributed by atoms with Crippen molar-refractivity contribution in [2.75, 3.05) is 11.4 Å². The molecule has 0 aliphatic carbocycles. The molecule has 0 unspecified atom stereocenters. The molecule has 1 fully saturated rings. The molecule has 1 amide bonds. The van der Waals surface area contributed by atoms with E-state index in [0.29, 0.717) is 12.8 Å². The molecule has 1 aliphatic rings. The minimum atomic E-state index is -0.436. The molecule has 1 aromatic rings. The van der Waals surface area contributed by atoms with E-state index in [2.05, 4.69) is 19.1 Å². The van der Waals surface area contributed by atoms with Crippen LogP contribution >= 0.6 is 0 Å². The highest BCUT2D eigenvalue weighted by atomic mass is 16.2. The minimum absolute atomic E-state index is 0.0156. The number of hydrogen-bond acceptors (Lipinski definition) is 2. The van der Waals surface area contributed by atoms with Crippen LogP contribution < -0.4 is 4.90 Å². The minimum Gasteiger partial charge on any atom is -0.311 e. The molecule has 2 rings (SSSR count). The number of carbonyl (C=O) groups is 2. The van der Waals surface area contributed by atoms with E-state index in [1.807, 2.05) is 25.7 Å². The standard InChI is InChI=1S/C17H23NO2/c1-5-15(19)14-7-6-8-18(17(14)20)16-12(3)9-11(2)10-13(16)4/h9-10,14H,5-8H2,1-4H3/t14-/m0/s1. The van der Waals surface area contributed by atoms with E-state index in [1.165, 1.54) is 5.56 Å². The van der Waals surface area contributed by atoms with Crippen LogP contribution in [0.3, 0.4) is 0 Å². The predicted octanol–water partition coefficient (Wildman–Crippen LogP) is 3.33. The van der Waals surface area contributed by atoms with Gasteiger partial charge in [-0.05, 0) is 44.7 Å². The Hall–Kier alpha value is -1.64. The fourth-order valence-corrected chi connectivity index (χ4v) is 3.24. The summed E-state index contributed by atoms with van der Waals surface area (Å²) in [6.45, 7) is 8.68. The number of nitrogens with zero attached hydrogens (tertiary/aromatic N) is 1. The Kier molecular flexibility index (Phi) is 4.26. The second-order valence-electron chi connectivity index (χ2n) is 5.75. The second kappa shape index (κ2) is 5.78. The summed E-state index contributed by atoms with van der Waals surface area (Å²) in [5, 5.41) is 0. The molecule has 1 aliphatic heterocycles. The predicted molar refractivity (Wildman–Crippen MR) is 81.0 cm³/mol. The van der Waals surface area contributed by atoms with Gasteiger partial charge < -0.3 is 4.90 Å². The Balaban J connectivity index is 2.38. The molecule has 0 aromatic heterocycles. The summed E-state index contributed by atoms with van der Waals surface area (Å²) in [4.78, 5) is 26.4. The number of anilines is 1. The highest BCUT2D eigenvalue weighted by Gasteiger charge is 2.34. The Morgan fingerprint density at radius 1 is 1.25 bits per heavy atom. The molecular weight excluding hydrogens is 250 g/mol. The first kappa shape index (κ1) is 14.8. The molecule has 1 atom stereocenters. The number of aryl methyl sites for hydroxylation is 3. The van der Waals surface area contributed by atoms with Crippen LogP contribution in [0.25, 0.3) is 0 Å². The molecule has 1 saturated heterocycles. The van der Waals surface area contributed by atoms with Gasteiger partial charge in [0.25, 0.3) is 0 Å². The van der Waals surface area contributed by atoms with E-state index in [0.717, 1.165) is 29.8 Å². The molecule has 108 valence electrons. The van der Waals surface area contributed by atoms with Crippen molar-refractivity contribution in [2.45, 2.75) is 47.0 Å². The zero-order valence-electron chi connectivity index (χ0n) is 12.8. The molecule has 1 heterocycles. The quantitative estimate of drug-likeness (QED) is 0.792. The van der Waals surface area contributed by atoms with Crippen LogP contribution in [-0.2, 0) is 9.59 Å². The summed E-state index contributed by atoms with van der Waals surface area (Å²) in [6.07, 6.45) is 2.04. The summed E-state index contributed by atoms with van der Waals surface area (Å²) in [6, 6.07) is 4.20. The normalized spacial score (nSPS) is 19.3. The van der Waals surface area contributed by atoms with Gasteiger partial charge in [0.1, 0.15) is 5.78 Å². The van der Waals surface area contributed by atoms with Crippen LogP contribution in [0.5, 0.6) is 0 Å². The van der Waals surface area contributed by atoms with Crippen LogP contribution in [0.1, 0.15) is 42.9 Å². The zero-order valence-corrected chi connectivity index (χ0v) is 12.8. The second-order valence-corrected chi connectivity index (χ2v) is 5.75. The Bertz CT molecular complexity index is 525. The third-order valence-corrected chi connectivity index (χ3v) is 4.08. The van der Waals surface area contributed by atoms with Gasteiger partial charge in [-0.25, -0.2) is 0 Å². The van der Waals surface area contributed by atoms with E-state index >= 15 is 0 Å². The van der Waals surface area contributed by atoms with Crippen molar-refractivity contribution < 1.29 is 9.59 Å². The Morgan fingerprint density at radius 3 is 2.40 bits per heavy atom. The van der Waals surface area contributed by atoms with Gasteiger partial charge in [0.15, 0.2) is 0 Å². The van der Waals surface area contributed by atoms with Crippen molar-refractivity contribution in [1.82, 2.24) is 0 Å². The first-order valence-electron chi connectivity index (χ1n) is 7.37. The fourth-order valence-electron chi connectivity index (χ4n) is 3.24. The summed E-state index contributed by atoms with van der Waals surface area (Å²) in [5.41, 5.74) is 4.42. The van der Waals surface area contributed by atoms with Gasteiger partial charge >= 0.3 is 0 Å². The summed E-state index contributed by atoms with van der Waals surface area (Å²) >= 11 is 0. The highest BCUT2D eigenvalue weighted by molar-refractivity contribution is 6.09. The number of ketones is 1. The van der Waals surface area contributed by atoms with Crippen molar-refractivity contribution in [3.05, 3.63) is 28.8 Å². The maximum absolute atomic E-state index is 12.6. The van der Waals surface area contributed by atoms with E-state index < -0.39 is 5.92 Å². The topological polar surface area (TPSA) is 37.4 Å². The summed E-state index contributed by atoms with van der Waals surface area (Å²) in [5.74, 6) is -0.380. The van der Waals surface area contributed by atoms with Crippen molar-refractivity contribution in [3.8, 4) is 0 Å². The van der Waals surface area contributed by atoms with Crippen LogP contribution in [0.4, 0.5) is 5.69 Å². The number of rotatable bonds is 3. The summed E-state index contributed by atoms with van der Waals surface area (Å²) in [7, 11) is 0. The van der Waals surface area contributed by atoms with Crippen molar-refractivity contribution in [3.63, 3.8) is 0 Å². The smallest absolute Gasteiger partial charge is 0.237 e. The number of amides is 1. The van der Waals surface area contributed by atoms with Gasteiger partial charge in [-0.15, -0.1) is 0 Å². The zero-order chi connectivity index (χ0) is 14.9. The average molecular weight is 273 g/mol. The monoisotopic (exact) mass is 273 g/mol. The molecule has 0 N–H and O–H groups in total. The van der Waals surface area contributed by atoms with Gasteiger partial charge in [-0.1, -0.05) is 24.6 Å². The van der Waals surface area contributed by atoms with Crippen LogP contribution in [0.2, 0.25) is 0 Å². The Labute approximate surface area is 121 Å². The van der Waals surface area contributed by atoms with Gasteiger partial charge in [0.05, 0.1) is 5.92 Å². The third-order valence-electron chi connectivity index (χ3n) is 4.08. The van der Waals surface area contributed by atoms with Gasteiger partial charge in [0, 0.05) is 18.7 Å². The van der Waals surface area contributed by atoms with E-state index in [4.69, 9.17) is 0 Å². The summed E-state index contributed by atoms with van der Waals surface area (Å²) < 4.78 is 0. The lowest BCUT2D eigenvalue weighted by atomic mass is 9.90. The van der Waals surface area contributed by atoms with Crippen LogP contribution in [0.15, 0.2) is 12.1 Å². The number of piperidine rings is 1. The van der Waals surface area contributed by atoms with Crippen molar-refractivity contribution in [2.24, 2.45) is 5.92 Å². The maximum Gasteiger partial charge on any atom is 0.237 e. The maximum atomic E-state index is 12.6. The van der Waals surface area contributed by atoms with E-state index in [9.17, 15) is 9.59 Å². The van der Waals surface area contributed by atoms with Gasteiger partial charge in [-0.3, -0.25) is 9.59 Å². The van der Waals surface area contributed by atoms with Gasteiger partial charge in [-0.2, -0.15) is 0 Å². The lowest BCUT2D eigenvalue weighted by Gasteiger charge is -2.33. The van der Waals surface area contributed by atoms with Crippen LogP contribution in [0, 0.1) is 26.7 Å². The third kappa shape index (κ3) is 2.62. The molecule has 0 bridgehead atoms. The lowest BCUT2D eigenvalue weighted by Crippen LogP contribution is -2.44. The molecule has 1 aromatic carbocycles. The fraction of sp³-hybridized carbons (Fsp3) is 0.529. The molecule has 0 radical (unpaired) electrons. The Morgan fingerprint density at radius 2 is 1.85 bits per heavy atom.